The Kier molecular flexibility index (Phi) is 7.17. The third-order valence-corrected chi connectivity index (χ3v) is 4.66. The van der Waals surface area contributed by atoms with Gasteiger partial charge in [0.05, 0.1) is 30.1 Å². The number of rotatable bonds is 5. The quantitative estimate of drug-likeness (QED) is 0.244. The number of aliphatic hydroxyl groups is 1. The molecule has 26 heavy (non-hydrogen) atoms. The monoisotopic (exact) mass is 383 g/mol. The summed E-state index contributed by atoms with van der Waals surface area (Å²) in [6.45, 7) is 1.56. The molecule has 0 bridgehead atoms. The minimum absolute atomic E-state index is 0. The fourth-order valence-corrected chi connectivity index (χ4v) is 3.52. The molecule has 0 spiro atoms. The first-order valence-corrected chi connectivity index (χ1v) is 8.02. The van der Waals surface area contributed by atoms with Crippen LogP contribution in [0.2, 0.25) is 0 Å². The van der Waals surface area contributed by atoms with Gasteiger partial charge in [0.1, 0.15) is 6.61 Å². The summed E-state index contributed by atoms with van der Waals surface area (Å²) < 4.78 is 5.13. The average molecular weight is 383 g/mol. The summed E-state index contributed by atoms with van der Waals surface area (Å²) in [5.41, 5.74) is 1.07. The van der Waals surface area contributed by atoms with Gasteiger partial charge in [-0.2, -0.15) is 0 Å². The summed E-state index contributed by atoms with van der Waals surface area (Å²) in [5.74, 6) is -3.20. The summed E-state index contributed by atoms with van der Waals surface area (Å²) in [7, 11) is 0. The molecule has 2 fully saturated rings. The maximum atomic E-state index is 12.1. The normalized spacial score (nSPS) is 26.5. The van der Waals surface area contributed by atoms with E-state index in [2.05, 4.69) is 0 Å². The van der Waals surface area contributed by atoms with Crippen LogP contribution in [0.5, 0.6) is 0 Å². The second kappa shape index (κ2) is 8.77. The predicted octanol–water partition coefficient (Wildman–Crippen LogP) is -3.61. The van der Waals surface area contributed by atoms with Crippen LogP contribution in [0, 0.1) is 5.92 Å². The zero-order valence-electron chi connectivity index (χ0n) is 14.6. The molecule has 2 aliphatic rings. The van der Waals surface area contributed by atoms with E-state index in [4.69, 9.17) is 4.74 Å². The molecule has 2 saturated heterocycles. The van der Waals surface area contributed by atoms with Gasteiger partial charge in [-0.3, -0.25) is 4.79 Å². The van der Waals surface area contributed by atoms with Crippen molar-refractivity contribution >= 4 is 17.8 Å². The Bertz CT molecular complexity index is 732. The smallest absolute Gasteiger partial charge is 0.548 e. The number of amides is 1. The maximum absolute atomic E-state index is 12.1. The fraction of sp³-hybridized carbons (Fsp3) is 0.389. The van der Waals surface area contributed by atoms with E-state index in [0.717, 1.165) is 11.6 Å². The van der Waals surface area contributed by atoms with Crippen LogP contribution in [0.4, 0.5) is 0 Å². The zero-order valence-corrected chi connectivity index (χ0v) is 17.7. The third kappa shape index (κ3) is 4.10. The van der Waals surface area contributed by atoms with Crippen LogP contribution in [0.1, 0.15) is 18.9 Å². The van der Waals surface area contributed by atoms with E-state index >= 15 is 0 Å². The van der Waals surface area contributed by atoms with Crippen molar-refractivity contribution in [2.75, 3.05) is 0 Å². The molecule has 0 unspecified atom stereocenters. The number of carboxylic acids is 1. The van der Waals surface area contributed by atoms with Crippen LogP contribution in [0.3, 0.4) is 0 Å². The van der Waals surface area contributed by atoms with E-state index in [1.165, 1.54) is 11.8 Å². The summed E-state index contributed by atoms with van der Waals surface area (Å²) in [5, 5.41) is 21.1. The topological polar surface area (TPSA) is 107 Å². The molecule has 4 atom stereocenters. The van der Waals surface area contributed by atoms with E-state index in [1.54, 1.807) is 12.1 Å². The first kappa shape index (κ1) is 21.3. The van der Waals surface area contributed by atoms with Gasteiger partial charge < -0.3 is 24.6 Å². The maximum Gasteiger partial charge on any atom is 1.00 e. The third-order valence-electron chi connectivity index (χ3n) is 4.66. The number of aliphatic carboxylic acids is 1. The number of aliphatic hydroxyl groups excluding tert-OH is 1. The number of esters is 1. The van der Waals surface area contributed by atoms with Crippen LogP contribution in [0.25, 0.3) is 0 Å². The van der Waals surface area contributed by atoms with Crippen molar-refractivity contribution in [2.45, 2.75) is 38.1 Å². The van der Waals surface area contributed by atoms with Gasteiger partial charge in [-0.05, 0) is 24.5 Å². The van der Waals surface area contributed by atoms with E-state index in [-0.39, 0.29) is 70.0 Å². The molecule has 8 heteroatoms. The minimum atomic E-state index is -1.44. The number of carbonyl (C=O) groups is 3. The van der Waals surface area contributed by atoms with Crippen molar-refractivity contribution in [1.82, 2.24) is 4.90 Å². The second-order valence-electron chi connectivity index (χ2n) is 6.32. The number of carboxylic acid groups (broad SMARTS) is 1. The summed E-state index contributed by atoms with van der Waals surface area (Å²) in [6, 6.07) is 7.38. The van der Waals surface area contributed by atoms with E-state index in [0.29, 0.717) is 0 Å². The van der Waals surface area contributed by atoms with Crippen LogP contribution in [-0.4, -0.2) is 46.0 Å². The molecule has 0 aliphatic carbocycles. The molecule has 132 valence electrons. The first-order valence-electron chi connectivity index (χ1n) is 8.02. The van der Waals surface area contributed by atoms with Crippen molar-refractivity contribution in [3.63, 3.8) is 0 Å². The van der Waals surface area contributed by atoms with Gasteiger partial charge in [-0.1, -0.05) is 30.3 Å². The Labute approximate surface area is 193 Å². The number of nitrogens with zero attached hydrogens (tertiary/aromatic N) is 1. The van der Waals surface area contributed by atoms with Gasteiger partial charge in [-0.25, -0.2) is 4.79 Å². The summed E-state index contributed by atoms with van der Waals surface area (Å²) in [4.78, 5) is 36.7. The average Bonchev–Trinajstić information content (AvgIpc) is 2.88. The van der Waals surface area contributed by atoms with E-state index in [9.17, 15) is 24.6 Å². The van der Waals surface area contributed by atoms with Gasteiger partial charge in [0.2, 0.25) is 5.91 Å². The van der Waals surface area contributed by atoms with Gasteiger partial charge in [-0.15, -0.1) is 0 Å². The number of fused-ring (bicyclic) bond motifs is 1. The molecule has 3 rings (SSSR count). The standard InChI is InChI=1S/C18H19NO6.K/c1-10(20)15-13-7-12(16(18(23)24)19(13)17(15)22)8-14(21)25-9-11-5-3-2-4-6-11;/h2-6,8,10,13,15-16,20H,7,9H2,1H3,(H,23,24);/q;+1/p-1/b12-8+;/t10-,13-,15-,16-;/m1./s1. The molecule has 1 N–H and O–H groups in total. The Hall–Kier alpha value is -1.03. The van der Waals surface area contributed by atoms with Gasteiger partial charge in [0, 0.05) is 6.08 Å². The van der Waals surface area contributed by atoms with Crippen molar-refractivity contribution in [1.29, 1.82) is 0 Å². The zero-order chi connectivity index (χ0) is 18.1. The number of hydrogen-bond acceptors (Lipinski definition) is 6. The Morgan fingerprint density at radius 1 is 1.38 bits per heavy atom. The van der Waals surface area contributed by atoms with Gasteiger partial charge in [0.25, 0.3) is 0 Å². The van der Waals surface area contributed by atoms with Crippen molar-refractivity contribution in [3.05, 3.63) is 47.5 Å². The number of hydrogen-bond donors (Lipinski definition) is 1. The Morgan fingerprint density at radius 3 is 2.62 bits per heavy atom. The molecule has 2 heterocycles. The van der Waals surface area contributed by atoms with Crippen LogP contribution in [-0.2, 0) is 25.7 Å². The number of ether oxygens (including phenoxy) is 1. The SMILES string of the molecule is C[C@@H](O)[C@H]1C(=O)N2[C@@H]1C/C(=C\C(=O)OCc1ccccc1)[C@@H]2C(=O)[O-].[K+]. The molecule has 0 radical (unpaired) electrons. The van der Waals surface area contributed by atoms with Crippen molar-refractivity contribution < 1.29 is 80.7 Å². The van der Waals surface area contributed by atoms with Gasteiger partial charge in [0.15, 0.2) is 0 Å². The first-order chi connectivity index (χ1) is 11.9. The van der Waals surface area contributed by atoms with Crippen molar-refractivity contribution in [2.24, 2.45) is 5.92 Å². The molecule has 1 aromatic carbocycles. The summed E-state index contributed by atoms with van der Waals surface area (Å²) in [6.07, 6.45) is 0.453. The number of carbonyl (C=O) groups excluding carboxylic acids is 3. The molecular formula is C18H18KNO6. The Balaban J connectivity index is 0.00000243. The molecule has 0 saturated carbocycles. The number of β-lactam (4-membered cyclic amide) rings is 1. The fourth-order valence-electron chi connectivity index (χ4n) is 3.52. The summed E-state index contributed by atoms with van der Waals surface area (Å²) >= 11 is 0. The van der Waals surface area contributed by atoms with Gasteiger partial charge >= 0.3 is 57.4 Å². The molecule has 1 aromatic rings. The van der Waals surface area contributed by atoms with E-state index < -0.39 is 42.0 Å². The second-order valence-corrected chi connectivity index (χ2v) is 6.32. The number of benzene rings is 1. The van der Waals surface area contributed by atoms with Crippen LogP contribution >= 0.6 is 0 Å². The molecule has 0 aromatic heterocycles. The molecule has 1 amide bonds. The van der Waals surface area contributed by atoms with Crippen LogP contribution in [0.15, 0.2) is 42.0 Å². The Morgan fingerprint density at radius 2 is 2.04 bits per heavy atom. The predicted molar refractivity (Wildman–Crippen MR) is 83.5 cm³/mol. The van der Waals surface area contributed by atoms with Crippen LogP contribution < -0.4 is 56.5 Å². The van der Waals surface area contributed by atoms with Crippen molar-refractivity contribution in [3.8, 4) is 0 Å². The molecular weight excluding hydrogens is 365 g/mol. The van der Waals surface area contributed by atoms with E-state index in [1.807, 2.05) is 18.2 Å². The molecule has 2 aliphatic heterocycles. The largest absolute Gasteiger partial charge is 1.00 e. The minimum Gasteiger partial charge on any atom is -0.548 e. The molecule has 7 nitrogen and oxygen atoms in total.